The van der Waals surface area contributed by atoms with Gasteiger partial charge < -0.3 is 9.84 Å². The lowest BCUT2D eigenvalue weighted by molar-refractivity contribution is -0.152. The number of nitrogens with one attached hydrogen (secondary N) is 1. The smallest absolute Gasteiger partial charge is 0.330 e. The molecule has 0 aliphatic heterocycles. The van der Waals surface area contributed by atoms with Crippen LogP contribution in [0.5, 0.6) is 5.75 Å². The zero-order chi connectivity index (χ0) is 13.6. The van der Waals surface area contributed by atoms with E-state index in [0.29, 0.717) is 19.6 Å². The maximum absolute atomic E-state index is 12.2. The Kier molecular flexibility index (Phi) is 5.16. The maximum Gasteiger partial charge on any atom is 0.330 e. The summed E-state index contributed by atoms with van der Waals surface area (Å²) in [6.45, 7) is 6.69. The van der Waals surface area contributed by atoms with E-state index in [9.17, 15) is 9.90 Å². The van der Waals surface area contributed by atoms with Gasteiger partial charge in [0.25, 0.3) is 0 Å². The van der Waals surface area contributed by atoms with E-state index >= 15 is 0 Å². The quantitative estimate of drug-likeness (QED) is 0.761. The fourth-order valence-corrected chi connectivity index (χ4v) is 2.07. The van der Waals surface area contributed by atoms with Crippen LogP contribution in [0.3, 0.4) is 0 Å². The molecular formula is C14H21NO3. The van der Waals surface area contributed by atoms with Gasteiger partial charge in [0.05, 0.1) is 6.61 Å². The summed E-state index contributed by atoms with van der Waals surface area (Å²) in [6.07, 6.45) is 0.588. The highest BCUT2D eigenvalue weighted by Crippen LogP contribution is 2.28. The van der Waals surface area contributed by atoms with Crippen molar-refractivity contribution in [2.24, 2.45) is 0 Å². The SMILES string of the molecule is CCNC(CC)(C(=O)OCC)c1ccc(O)cc1. The molecule has 0 saturated heterocycles. The normalized spacial score (nSPS) is 13.9. The summed E-state index contributed by atoms with van der Waals surface area (Å²) in [6, 6.07) is 6.66. The average molecular weight is 251 g/mol. The minimum Gasteiger partial charge on any atom is -0.508 e. The summed E-state index contributed by atoms with van der Waals surface area (Å²) in [4.78, 5) is 12.2. The van der Waals surface area contributed by atoms with Crippen molar-refractivity contribution in [1.29, 1.82) is 0 Å². The lowest BCUT2D eigenvalue weighted by Crippen LogP contribution is -2.49. The fraction of sp³-hybridized carbons (Fsp3) is 0.500. The monoisotopic (exact) mass is 251 g/mol. The predicted molar refractivity (Wildman–Crippen MR) is 70.4 cm³/mol. The Morgan fingerprint density at radius 3 is 2.33 bits per heavy atom. The van der Waals surface area contributed by atoms with E-state index in [0.717, 1.165) is 5.56 Å². The summed E-state index contributed by atoms with van der Waals surface area (Å²) < 4.78 is 5.17. The van der Waals surface area contributed by atoms with Gasteiger partial charge in [0.2, 0.25) is 0 Å². The van der Waals surface area contributed by atoms with Crippen LogP contribution in [0.1, 0.15) is 32.8 Å². The summed E-state index contributed by atoms with van der Waals surface area (Å²) >= 11 is 0. The first kappa shape index (κ1) is 14.5. The van der Waals surface area contributed by atoms with Gasteiger partial charge in [0.15, 0.2) is 0 Å². The third-order valence-electron chi connectivity index (χ3n) is 2.99. The fourth-order valence-electron chi connectivity index (χ4n) is 2.07. The number of esters is 1. The molecule has 18 heavy (non-hydrogen) atoms. The molecule has 0 radical (unpaired) electrons. The first-order valence-electron chi connectivity index (χ1n) is 6.32. The second-order valence-corrected chi connectivity index (χ2v) is 4.06. The van der Waals surface area contributed by atoms with Crippen LogP contribution in [0.15, 0.2) is 24.3 Å². The molecule has 0 bridgehead atoms. The Balaban J connectivity index is 3.17. The number of carbonyl (C=O) groups excluding carboxylic acids is 1. The Hall–Kier alpha value is -1.55. The van der Waals surface area contributed by atoms with Crippen molar-refractivity contribution < 1.29 is 14.6 Å². The first-order valence-corrected chi connectivity index (χ1v) is 6.32. The number of ether oxygens (including phenoxy) is 1. The molecule has 4 heteroatoms. The van der Waals surface area contributed by atoms with Crippen LogP contribution in [0.4, 0.5) is 0 Å². The van der Waals surface area contributed by atoms with E-state index in [2.05, 4.69) is 5.32 Å². The molecule has 1 unspecified atom stereocenters. The molecule has 100 valence electrons. The topological polar surface area (TPSA) is 58.6 Å². The number of carbonyl (C=O) groups is 1. The van der Waals surface area contributed by atoms with Crippen LogP contribution in [0, 0.1) is 0 Å². The molecule has 0 aliphatic rings. The molecule has 0 aromatic heterocycles. The minimum atomic E-state index is -0.835. The van der Waals surface area contributed by atoms with Gasteiger partial charge in [-0.3, -0.25) is 5.32 Å². The third-order valence-corrected chi connectivity index (χ3v) is 2.99. The lowest BCUT2D eigenvalue weighted by atomic mass is 9.87. The minimum absolute atomic E-state index is 0.184. The Morgan fingerprint density at radius 1 is 1.28 bits per heavy atom. The zero-order valence-corrected chi connectivity index (χ0v) is 11.2. The van der Waals surface area contributed by atoms with Gasteiger partial charge in [0.1, 0.15) is 11.3 Å². The summed E-state index contributed by atoms with van der Waals surface area (Å²) in [7, 11) is 0. The first-order chi connectivity index (χ1) is 8.60. The van der Waals surface area contributed by atoms with Crippen LogP contribution in [0.2, 0.25) is 0 Å². The van der Waals surface area contributed by atoms with Crippen molar-refractivity contribution in [2.45, 2.75) is 32.7 Å². The summed E-state index contributed by atoms with van der Waals surface area (Å²) in [5, 5.41) is 12.5. The van der Waals surface area contributed by atoms with Crippen molar-refractivity contribution in [3.8, 4) is 5.75 Å². The molecule has 0 aliphatic carbocycles. The molecule has 1 aromatic rings. The molecule has 0 heterocycles. The van der Waals surface area contributed by atoms with Crippen molar-refractivity contribution in [1.82, 2.24) is 5.32 Å². The van der Waals surface area contributed by atoms with Gasteiger partial charge in [-0.1, -0.05) is 26.0 Å². The van der Waals surface area contributed by atoms with Crippen LogP contribution in [-0.4, -0.2) is 24.2 Å². The number of phenols is 1. The zero-order valence-electron chi connectivity index (χ0n) is 11.2. The van der Waals surface area contributed by atoms with Crippen molar-refractivity contribution in [2.75, 3.05) is 13.2 Å². The third kappa shape index (κ3) is 2.82. The average Bonchev–Trinajstić information content (AvgIpc) is 2.37. The molecule has 2 N–H and O–H groups in total. The van der Waals surface area contributed by atoms with Crippen molar-refractivity contribution in [3.63, 3.8) is 0 Å². The van der Waals surface area contributed by atoms with Crippen LogP contribution < -0.4 is 5.32 Å². The maximum atomic E-state index is 12.2. The van der Waals surface area contributed by atoms with Crippen molar-refractivity contribution >= 4 is 5.97 Å². The molecule has 1 aromatic carbocycles. The predicted octanol–water partition coefficient (Wildman–Crippen LogP) is 2.17. The lowest BCUT2D eigenvalue weighted by Gasteiger charge is -2.31. The number of aromatic hydroxyl groups is 1. The summed E-state index contributed by atoms with van der Waals surface area (Å²) in [5.74, 6) is -0.0934. The van der Waals surface area contributed by atoms with Gasteiger partial charge in [-0.15, -0.1) is 0 Å². The largest absolute Gasteiger partial charge is 0.508 e. The molecule has 1 rings (SSSR count). The Morgan fingerprint density at radius 2 is 1.89 bits per heavy atom. The molecule has 0 saturated carbocycles. The number of hydrogen-bond acceptors (Lipinski definition) is 4. The van der Waals surface area contributed by atoms with E-state index in [1.165, 1.54) is 0 Å². The second-order valence-electron chi connectivity index (χ2n) is 4.06. The number of phenolic OH excluding ortho intramolecular Hbond substituents is 1. The van der Waals surface area contributed by atoms with Crippen LogP contribution in [0.25, 0.3) is 0 Å². The molecule has 4 nitrogen and oxygen atoms in total. The molecule has 0 fully saturated rings. The van der Waals surface area contributed by atoms with E-state index in [1.807, 2.05) is 13.8 Å². The van der Waals surface area contributed by atoms with Gasteiger partial charge in [-0.2, -0.15) is 0 Å². The molecule has 0 spiro atoms. The number of benzene rings is 1. The molecule has 1 atom stereocenters. The highest BCUT2D eigenvalue weighted by atomic mass is 16.5. The van der Waals surface area contributed by atoms with Crippen molar-refractivity contribution in [3.05, 3.63) is 29.8 Å². The van der Waals surface area contributed by atoms with E-state index in [1.54, 1.807) is 31.2 Å². The molecular weight excluding hydrogens is 230 g/mol. The second kappa shape index (κ2) is 6.40. The highest BCUT2D eigenvalue weighted by molar-refractivity contribution is 5.82. The molecule has 0 amide bonds. The summed E-state index contributed by atoms with van der Waals surface area (Å²) in [5.41, 5.74) is -0.0264. The van der Waals surface area contributed by atoms with Crippen LogP contribution in [-0.2, 0) is 15.1 Å². The van der Waals surface area contributed by atoms with E-state index in [-0.39, 0.29) is 11.7 Å². The van der Waals surface area contributed by atoms with E-state index < -0.39 is 5.54 Å². The Bertz CT molecular complexity index is 389. The van der Waals surface area contributed by atoms with Crippen LogP contribution >= 0.6 is 0 Å². The number of likely N-dealkylation sites (N-methyl/N-ethyl adjacent to an activating group) is 1. The number of rotatable bonds is 6. The van der Waals surface area contributed by atoms with Gasteiger partial charge in [0, 0.05) is 0 Å². The van der Waals surface area contributed by atoms with Gasteiger partial charge in [-0.05, 0) is 37.6 Å². The highest BCUT2D eigenvalue weighted by Gasteiger charge is 2.39. The standard InChI is InChI=1S/C14H21NO3/c1-4-14(15-5-2,13(17)18-6-3)11-7-9-12(16)10-8-11/h7-10,15-16H,4-6H2,1-3H3. The van der Waals surface area contributed by atoms with Gasteiger partial charge in [-0.25, -0.2) is 4.79 Å². The van der Waals surface area contributed by atoms with Gasteiger partial charge >= 0.3 is 5.97 Å². The Labute approximate surface area is 108 Å². The number of hydrogen-bond donors (Lipinski definition) is 2. The van der Waals surface area contributed by atoms with E-state index in [4.69, 9.17) is 4.74 Å².